The molecule has 0 aliphatic rings. The first-order chi connectivity index (χ1) is 8.85. The Morgan fingerprint density at radius 2 is 2.11 bits per heavy atom. The fourth-order valence-corrected chi connectivity index (χ4v) is 1.63. The number of amides is 1. The molecule has 0 aliphatic carbocycles. The first kappa shape index (κ1) is 15.1. The van der Waals surface area contributed by atoms with Crippen molar-refractivity contribution in [3.8, 4) is 0 Å². The van der Waals surface area contributed by atoms with Gasteiger partial charge in [-0.1, -0.05) is 13.8 Å². The minimum atomic E-state index is -0.910. The predicted octanol–water partition coefficient (Wildman–Crippen LogP) is 0.593. The van der Waals surface area contributed by atoms with Gasteiger partial charge in [-0.15, -0.1) is 0 Å². The number of anilines is 2. The zero-order valence-corrected chi connectivity index (χ0v) is 10.8. The molecule has 0 spiro atoms. The molecule has 0 aromatic carbocycles. The van der Waals surface area contributed by atoms with Crippen LogP contribution in [0.25, 0.3) is 0 Å². The van der Waals surface area contributed by atoms with Crippen molar-refractivity contribution in [2.45, 2.75) is 13.8 Å². The molecule has 1 aromatic heterocycles. The molecule has 0 aliphatic heterocycles. The predicted molar refractivity (Wildman–Crippen MR) is 68.2 cm³/mol. The minimum Gasteiger partial charge on any atom is -0.368 e. The number of primary amides is 1. The molecule has 106 valence electrons. The van der Waals surface area contributed by atoms with Crippen LogP contribution in [0, 0.1) is 17.6 Å². The number of nitrogens with two attached hydrogens (primary N) is 2. The van der Waals surface area contributed by atoms with Crippen LogP contribution in [0.3, 0.4) is 0 Å². The molecule has 0 unspecified atom stereocenters. The van der Waals surface area contributed by atoms with Crippen molar-refractivity contribution in [1.82, 2.24) is 4.98 Å². The van der Waals surface area contributed by atoms with Gasteiger partial charge < -0.3 is 16.1 Å². The molecule has 5 N–H and O–H groups in total. The van der Waals surface area contributed by atoms with Crippen molar-refractivity contribution >= 4 is 17.5 Å². The second kappa shape index (κ2) is 6.28. The lowest BCUT2D eigenvalue weighted by Gasteiger charge is -2.25. The maximum absolute atomic E-state index is 13.8. The van der Waals surface area contributed by atoms with Crippen molar-refractivity contribution in [1.29, 1.82) is 0 Å². The maximum atomic E-state index is 13.8. The minimum absolute atomic E-state index is 0.139. The Morgan fingerprint density at radius 1 is 1.47 bits per heavy atom. The first-order valence-electron chi connectivity index (χ1n) is 5.71. The molecule has 0 fully saturated rings. The van der Waals surface area contributed by atoms with Crippen LogP contribution in [-0.2, 0) is 4.79 Å². The number of nitrogen functional groups attached to an aromatic ring is 1. The number of pyridine rings is 1. The van der Waals surface area contributed by atoms with Gasteiger partial charge >= 0.3 is 0 Å². The third-order valence-electron chi connectivity index (χ3n) is 2.28. The van der Waals surface area contributed by atoms with Gasteiger partial charge in [-0.2, -0.15) is 0 Å². The molecule has 0 bridgehead atoms. The number of hydrogen-bond donors (Lipinski definition) is 3. The molecule has 1 heterocycles. The second-order valence-corrected chi connectivity index (χ2v) is 4.51. The number of nitrogens with zero attached hydrogens (tertiary/aromatic N) is 2. The van der Waals surface area contributed by atoms with Gasteiger partial charge in [0.1, 0.15) is 0 Å². The second-order valence-electron chi connectivity index (χ2n) is 4.51. The number of hydrazine groups is 1. The molecule has 1 aromatic rings. The van der Waals surface area contributed by atoms with Gasteiger partial charge in [0.2, 0.25) is 5.91 Å². The highest BCUT2D eigenvalue weighted by atomic mass is 19.1. The number of carbonyl (C=O) groups excluding carboxylic acids is 1. The van der Waals surface area contributed by atoms with Crippen molar-refractivity contribution in [3.05, 3.63) is 17.7 Å². The van der Waals surface area contributed by atoms with Crippen LogP contribution in [0.2, 0.25) is 0 Å². The molecule has 8 heteroatoms. The van der Waals surface area contributed by atoms with Crippen molar-refractivity contribution < 1.29 is 13.6 Å². The van der Waals surface area contributed by atoms with E-state index in [0.29, 0.717) is 12.6 Å². The van der Waals surface area contributed by atoms with E-state index in [9.17, 15) is 13.6 Å². The van der Waals surface area contributed by atoms with E-state index in [1.807, 2.05) is 19.3 Å². The SMILES string of the molecule is CC(C)CN(CC(N)=O)c1nc(NN)c(F)cc1F. The lowest BCUT2D eigenvalue weighted by Crippen LogP contribution is -2.37. The molecule has 19 heavy (non-hydrogen) atoms. The molecular weight excluding hydrogens is 256 g/mol. The summed E-state index contributed by atoms with van der Waals surface area (Å²) in [6, 6.07) is 0.659. The molecule has 1 rings (SSSR count). The summed E-state index contributed by atoms with van der Waals surface area (Å²) >= 11 is 0. The van der Waals surface area contributed by atoms with E-state index in [2.05, 4.69) is 4.98 Å². The highest BCUT2D eigenvalue weighted by Gasteiger charge is 2.19. The molecule has 0 radical (unpaired) electrons. The molecule has 0 atom stereocenters. The fraction of sp³-hybridized carbons (Fsp3) is 0.455. The van der Waals surface area contributed by atoms with Crippen LogP contribution in [0.4, 0.5) is 20.4 Å². The zero-order valence-electron chi connectivity index (χ0n) is 10.8. The standard InChI is InChI=1S/C11H17F2N5O/c1-6(2)4-18(5-9(14)19)11-8(13)3-7(12)10(16-11)17-15/h3,6H,4-5,15H2,1-2H3,(H2,14,19)(H,16,17). The molecule has 0 saturated heterocycles. The number of rotatable bonds is 6. The van der Waals surface area contributed by atoms with Crippen LogP contribution in [-0.4, -0.2) is 24.0 Å². The number of carbonyl (C=O) groups is 1. The van der Waals surface area contributed by atoms with E-state index < -0.39 is 17.5 Å². The average molecular weight is 273 g/mol. The summed E-state index contributed by atoms with van der Waals surface area (Å²) in [6.07, 6.45) is 0. The van der Waals surface area contributed by atoms with Crippen LogP contribution < -0.4 is 21.9 Å². The number of hydrogen-bond acceptors (Lipinski definition) is 5. The van der Waals surface area contributed by atoms with Crippen LogP contribution in [0.5, 0.6) is 0 Å². The Hall–Kier alpha value is -1.96. The lowest BCUT2D eigenvalue weighted by molar-refractivity contribution is -0.116. The Bertz CT molecular complexity index is 467. The van der Waals surface area contributed by atoms with Gasteiger partial charge in [-0.25, -0.2) is 19.6 Å². The van der Waals surface area contributed by atoms with Crippen LogP contribution in [0.1, 0.15) is 13.8 Å². The molecule has 1 amide bonds. The highest BCUT2D eigenvalue weighted by Crippen LogP contribution is 2.22. The zero-order chi connectivity index (χ0) is 14.6. The van der Waals surface area contributed by atoms with E-state index >= 15 is 0 Å². The largest absolute Gasteiger partial charge is 0.368 e. The van der Waals surface area contributed by atoms with E-state index in [1.165, 1.54) is 4.90 Å². The molecule has 6 nitrogen and oxygen atoms in total. The third-order valence-corrected chi connectivity index (χ3v) is 2.28. The van der Waals surface area contributed by atoms with Gasteiger partial charge in [0.25, 0.3) is 0 Å². The monoisotopic (exact) mass is 273 g/mol. The average Bonchev–Trinajstić information content (AvgIpc) is 2.27. The van der Waals surface area contributed by atoms with Gasteiger partial charge in [0, 0.05) is 12.6 Å². The van der Waals surface area contributed by atoms with Crippen molar-refractivity contribution in [3.63, 3.8) is 0 Å². The normalized spacial score (nSPS) is 10.6. The Kier molecular flexibility index (Phi) is 4.99. The summed E-state index contributed by atoms with van der Waals surface area (Å²) in [4.78, 5) is 16.1. The highest BCUT2D eigenvalue weighted by molar-refractivity contribution is 5.79. The maximum Gasteiger partial charge on any atom is 0.237 e. The quantitative estimate of drug-likeness (QED) is 0.520. The summed E-state index contributed by atoms with van der Waals surface area (Å²) in [5.41, 5.74) is 7.14. The summed E-state index contributed by atoms with van der Waals surface area (Å²) in [6.45, 7) is 3.91. The molecular formula is C11H17F2N5O. The van der Waals surface area contributed by atoms with Crippen LogP contribution >= 0.6 is 0 Å². The summed E-state index contributed by atoms with van der Waals surface area (Å²) in [5.74, 6) is 2.35. The van der Waals surface area contributed by atoms with Crippen LogP contribution in [0.15, 0.2) is 6.07 Å². The topological polar surface area (TPSA) is 97.3 Å². The Balaban J connectivity index is 3.16. The van der Waals surface area contributed by atoms with E-state index in [4.69, 9.17) is 11.6 Å². The molecule has 0 saturated carbocycles. The Morgan fingerprint density at radius 3 is 2.58 bits per heavy atom. The van der Waals surface area contributed by atoms with E-state index in [-0.39, 0.29) is 24.1 Å². The summed E-state index contributed by atoms with van der Waals surface area (Å²) < 4.78 is 27.0. The number of halogens is 2. The number of nitrogens with one attached hydrogen (secondary N) is 1. The van der Waals surface area contributed by atoms with Crippen molar-refractivity contribution in [2.24, 2.45) is 17.5 Å². The van der Waals surface area contributed by atoms with Gasteiger partial charge in [-0.05, 0) is 5.92 Å². The van der Waals surface area contributed by atoms with E-state index in [0.717, 1.165) is 0 Å². The van der Waals surface area contributed by atoms with Crippen molar-refractivity contribution in [2.75, 3.05) is 23.4 Å². The third kappa shape index (κ3) is 4.02. The lowest BCUT2D eigenvalue weighted by atomic mass is 10.2. The Labute approximate surface area is 109 Å². The van der Waals surface area contributed by atoms with Gasteiger partial charge in [-0.3, -0.25) is 4.79 Å². The first-order valence-corrected chi connectivity index (χ1v) is 5.71. The fourth-order valence-electron chi connectivity index (χ4n) is 1.63. The van der Waals surface area contributed by atoms with Gasteiger partial charge in [0.15, 0.2) is 23.3 Å². The summed E-state index contributed by atoms with van der Waals surface area (Å²) in [7, 11) is 0. The van der Waals surface area contributed by atoms with E-state index in [1.54, 1.807) is 0 Å². The van der Waals surface area contributed by atoms with Gasteiger partial charge in [0.05, 0.1) is 6.54 Å². The summed E-state index contributed by atoms with van der Waals surface area (Å²) in [5, 5.41) is 0. The smallest absolute Gasteiger partial charge is 0.237 e. The number of aromatic nitrogens is 1.